The first-order chi connectivity index (χ1) is 9.81. The van der Waals surface area contributed by atoms with Crippen LogP contribution in [0.15, 0.2) is 53.5 Å². The number of hydrogen-bond donors (Lipinski definition) is 0. The number of ether oxygens (including phenoxy) is 1. The quantitative estimate of drug-likeness (QED) is 0.830. The Labute approximate surface area is 117 Å². The summed E-state index contributed by atoms with van der Waals surface area (Å²) in [6.45, 7) is 0.718. The van der Waals surface area contributed by atoms with Gasteiger partial charge in [-0.1, -0.05) is 30.3 Å². The zero-order valence-corrected chi connectivity index (χ0v) is 11.2. The largest absolute Gasteiger partial charge is 0.443 e. The van der Waals surface area contributed by atoms with E-state index in [1.807, 2.05) is 18.2 Å². The fourth-order valence-electron chi connectivity index (χ4n) is 2.33. The molecule has 0 unspecified atom stereocenters. The summed E-state index contributed by atoms with van der Waals surface area (Å²) in [6.07, 6.45) is 2.44. The van der Waals surface area contributed by atoms with Gasteiger partial charge in [-0.05, 0) is 42.2 Å². The summed E-state index contributed by atoms with van der Waals surface area (Å²) in [5.41, 5.74) is 2.20. The molecular weight excluding hydrogens is 253 g/mol. The van der Waals surface area contributed by atoms with Crippen LogP contribution in [0.4, 0.5) is 4.39 Å². The molecule has 0 fully saturated rings. The molecule has 2 aromatic carbocycles. The molecule has 0 aliphatic carbocycles. The van der Waals surface area contributed by atoms with Gasteiger partial charge >= 0.3 is 0 Å². The molecule has 0 spiro atoms. The zero-order valence-electron chi connectivity index (χ0n) is 11.2. The molecule has 3 rings (SSSR count). The number of halogens is 1. The lowest BCUT2D eigenvalue weighted by atomic mass is 10.1. The van der Waals surface area contributed by atoms with Crippen LogP contribution in [0.3, 0.4) is 0 Å². The standard InChI is InChI=1S/C17H16FNO/c18-15-7-8-16-14(12-15)6-9-17(20-16)19-11-10-13-4-2-1-3-5-13/h1-5,7-8,12H,6,9-11H2. The van der Waals surface area contributed by atoms with Gasteiger partial charge in [0.15, 0.2) is 5.90 Å². The highest BCUT2D eigenvalue weighted by Crippen LogP contribution is 2.26. The van der Waals surface area contributed by atoms with Gasteiger partial charge in [-0.25, -0.2) is 4.39 Å². The van der Waals surface area contributed by atoms with Crippen molar-refractivity contribution in [2.24, 2.45) is 4.99 Å². The summed E-state index contributed by atoms with van der Waals surface area (Å²) in [5.74, 6) is 1.27. The predicted molar refractivity (Wildman–Crippen MR) is 77.8 cm³/mol. The van der Waals surface area contributed by atoms with Crippen LogP contribution in [0.1, 0.15) is 17.5 Å². The van der Waals surface area contributed by atoms with E-state index in [-0.39, 0.29) is 5.82 Å². The molecule has 1 heterocycles. The third-order valence-corrected chi connectivity index (χ3v) is 3.39. The topological polar surface area (TPSA) is 21.6 Å². The van der Waals surface area contributed by atoms with E-state index in [2.05, 4.69) is 17.1 Å². The molecule has 1 aliphatic heterocycles. The first-order valence-corrected chi connectivity index (χ1v) is 6.85. The number of rotatable bonds is 3. The number of fused-ring (bicyclic) bond motifs is 1. The van der Waals surface area contributed by atoms with Gasteiger partial charge in [0.05, 0.1) is 0 Å². The van der Waals surface area contributed by atoms with Gasteiger partial charge in [0.25, 0.3) is 0 Å². The Hall–Kier alpha value is -2.16. The molecule has 2 nitrogen and oxygen atoms in total. The Morgan fingerprint density at radius 3 is 2.75 bits per heavy atom. The second kappa shape index (κ2) is 5.87. The van der Waals surface area contributed by atoms with Crippen LogP contribution in [0.2, 0.25) is 0 Å². The lowest BCUT2D eigenvalue weighted by molar-refractivity contribution is 0.495. The van der Waals surface area contributed by atoms with Gasteiger partial charge in [0.1, 0.15) is 11.6 Å². The van der Waals surface area contributed by atoms with Crippen LogP contribution < -0.4 is 4.74 Å². The maximum absolute atomic E-state index is 13.1. The van der Waals surface area contributed by atoms with Crippen LogP contribution in [0.5, 0.6) is 5.75 Å². The molecule has 0 saturated carbocycles. The summed E-state index contributed by atoms with van der Waals surface area (Å²) < 4.78 is 18.8. The van der Waals surface area contributed by atoms with Crippen LogP contribution in [-0.2, 0) is 12.8 Å². The Kier molecular flexibility index (Phi) is 3.77. The maximum Gasteiger partial charge on any atom is 0.190 e. The van der Waals surface area contributed by atoms with Crippen molar-refractivity contribution >= 4 is 5.90 Å². The third kappa shape index (κ3) is 3.05. The molecule has 3 heteroatoms. The van der Waals surface area contributed by atoms with Crippen LogP contribution in [0, 0.1) is 5.82 Å². The monoisotopic (exact) mass is 269 g/mol. The summed E-state index contributed by atoms with van der Waals surface area (Å²) in [4.78, 5) is 4.50. The normalized spacial score (nSPS) is 15.8. The highest BCUT2D eigenvalue weighted by atomic mass is 19.1. The summed E-state index contributed by atoms with van der Waals surface area (Å²) in [7, 11) is 0. The van der Waals surface area contributed by atoms with E-state index in [1.165, 1.54) is 17.7 Å². The molecule has 0 saturated heterocycles. The Morgan fingerprint density at radius 1 is 1.05 bits per heavy atom. The molecule has 20 heavy (non-hydrogen) atoms. The SMILES string of the molecule is Fc1ccc2c(c1)CCC(=NCCc1ccccc1)O2. The van der Waals surface area contributed by atoms with E-state index in [1.54, 1.807) is 6.07 Å². The molecule has 0 N–H and O–H groups in total. The fourth-order valence-corrected chi connectivity index (χ4v) is 2.33. The summed E-state index contributed by atoms with van der Waals surface area (Å²) in [6, 6.07) is 14.9. The molecular formula is C17H16FNO. The van der Waals surface area contributed by atoms with E-state index >= 15 is 0 Å². The summed E-state index contributed by atoms with van der Waals surface area (Å²) >= 11 is 0. The molecule has 0 amide bonds. The number of aryl methyl sites for hydroxylation is 1. The summed E-state index contributed by atoms with van der Waals surface area (Å²) in [5, 5.41) is 0. The highest BCUT2D eigenvalue weighted by molar-refractivity contribution is 5.81. The van der Waals surface area contributed by atoms with E-state index < -0.39 is 0 Å². The van der Waals surface area contributed by atoms with Crippen molar-refractivity contribution in [3.05, 3.63) is 65.5 Å². The Balaban J connectivity index is 1.62. The highest BCUT2D eigenvalue weighted by Gasteiger charge is 2.15. The minimum Gasteiger partial charge on any atom is -0.443 e. The molecule has 2 aromatic rings. The molecule has 0 bridgehead atoms. The second-order valence-electron chi connectivity index (χ2n) is 4.87. The average molecular weight is 269 g/mol. The molecule has 1 aliphatic rings. The van der Waals surface area contributed by atoms with Crippen LogP contribution in [-0.4, -0.2) is 12.4 Å². The van der Waals surface area contributed by atoms with Crippen LogP contribution >= 0.6 is 0 Å². The second-order valence-corrected chi connectivity index (χ2v) is 4.87. The number of benzene rings is 2. The van der Waals surface area contributed by atoms with E-state index in [0.717, 1.165) is 43.0 Å². The zero-order chi connectivity index (χ0) is 13.8. The Morgan fingerprint density at radius 2 is 1.90 bits per heavy atom. The minimum absolute atomic E-state index is 0.211. The molecule has 0 aromatic heterocycles. The van der Waals surface area contributed by atoms with Crippen molar-refractivity contribution in [1.29, 1.82) is 0 Å². The van der Waals surface area contributed by atoms with Crippen molar-refractivity contribution in [3.8, 4) is 5.75 Å². The molecule has 0 radical (unpaired) electrons. The van der Waals surface area contributed by atoms with Gasteiger partial charge in [-0.3, -0.25) is 4.99 Å². The number of nitrogens with zero attached hydrogens (tertiary/aromatic N) is 1. The minimum atomic E-state index is -0.211. The predicted octanol–water partition coefficient (Wildman–Crippen LogP) is 3.79. The van der Waals surface area contributed by atoms with Crippen LogP contribution in [0.25, 0.3) is 0 Å². The number of hydrogen-bond acceptors (Lipinski definition) is 2. The Bertz CT molecular complexity index is 622. The van der Waals surface area contributed by atoms with Gasteiger partial charge < -0.3 is 4.74 Å². The van der Waals surface area contributed by atoms with E-state index in [9.17, 15) is 4.39 Å². The van der Waals surface area contributed by atoms with Crippen molar-refractivity contribution in [1.82, 2.24) is 0 Å². The lowest BCUT2D eigenvalue weighted by Gasteiger charge is -2.18. The third-order valence-electron chi connectivity index (χ3n) is 3.39. The fraction of sp³-hybridized carbons (Fsp3) is 0.235. The lowest BCUT2D eigenvalue weighted by Crippen LogP contribution is -2.17. The van der Waals surface area contributed by atoms with Crippen molar-refractivity contribution in [2.75, 3.05) is 6.54 Å². The van der Waals surface area contributed by atoms with Crippen molar-refractivity contribution < 1.29 is 9.13 Å². The molecule has 0 atom stereocenters. The first-order valence-electron chi connectivity index (χ1n) is 6.85. The molecule has 102 valence electrons. The average Bonchev–Trinajstić information content (AvgIpc) is 2.48. The van der Waals surface area contributed by atoms with Crippen molar-refractivity contribution in [2.45, 2.75) is 19.3 Å². The smallest absolute Gasteiger partial charge is 0.190 e. The first kappa shape index (κ1) is 12.9. The van der Waals surface area contributed by atoms with E-state index in [0.29, 0.717) is 0 Å². The van der Waals surface area contributed by atoms with Gasteiger partial charge in [0, 0.05) is 13.0 Å². The van der Waals surface area contributed by atoms with Gasteiger partial charge in [0.2, 0.25) is 0 Å². The van der Waals surface area contributed by atoms with E-state index in [4.69, 9.17) is 4.74 Å². The number of aliphatic imine (C=N–C) groups is 1. The van der Waals surface area contributed by atoms with Gasteiger partial charge in [-0.2, -0.15) is 0 Å². The maximum atomic E-state index is 13.1. The van der Waals surface area contributed by atoms with Gasteiger partial charge in [-0.15, -0.1) is 0 Å². The van der Waals surface area contributed by atoms with Crippen molar-refractivity contribution in [3.63, 3.8) is 0 Å².